The number of likely N-dealkylation sites (tertiary alicyclic amines) is 1. The lowest BCUT2D eigenvalue weighted by Crippen LogP contribution is -2.37. The van der Waals surface area contributed by atoms with Gasteiger partial charge in [-0.1, -0.05) is 12.1 Å². The third kappa shape index (κ3) is 3.32. The van der Waals surface area contributed by atoms with E-state index in [4.69, 9.17) is 0 Å². The summed E-state index contributed by atoms with van der Waals surface area (Å²) in [7, 11) is 0. The van der Waals surface area contributed by atoms with Gasteiger partial charge in [0.1, 0.15) is 6.54 Å². The van der Waals surface area contributed by atoms with Crippen molar-refractivity contribution in [1.82, 2.24) is 14.8 Å². The van der Waals surface area contributed by atoms with Gasteiger partial charge >= 0.3 is 0 Å². The molecular formula is C18H21N3O3. The molecule has 1 aliphatic rings. The van der Waals surface area contributed by atoms with Crippen LogP contribution in [0.4, 0.5) is 0 Å². The molecule has 0 saturated carbocycles. The summed E-state index contributed by atoms with van der Waals surface area (Å²) in [6.45, 7) is 3.75. The molecule has 1 fully saturated rings. The van der Waals surface area contributed by atoms with Crippen LogP contribution in [0.1, 0.15) is 18.5 Å². The number of rotatable bonds is 5. The van der Waals surface area contributed by atoms with Crippen molar-refractivity contribution in [1.29, 1.82) is 0 Å². The van der Waals surface area contributed by atoms with Crippen molar-refractivity contribution < 1.29 is 9.59 Å². The normalized spacial score (nSPS) is 14.4. The Balaban J connectivity index is 1.67. The number of amides is 2. The van der Waals surface area contributed by atoms with Crippen LogP contribution >= 0.6 is 0 Å². The number of para-hydroxylation sites is 1. The fourth-order valence-corrected chi connectivity index (χ4v) is 3.13. The minimum Gasteiger partial charge on any atom is -0.353 e. The van der Waals surface area contributed by atoms with E-state index >= 15 is 0 Å². The number of fused-ring (bicyclic) bond motifs is 1. The Bertz CT molecular complexity index is 841. The molecule has 1 aliphatic heterocycles. The first kappa shape index (κ1) is 16.2. The van der Waals surface area contributed by atoms with Gasteiger partial charge in [0, 0.05) is 43.2 Å². The second-order valence-corrected chi connectivity index (χ2v) is 6.09. The molecule has 2 amide bonds. The molecule has 0 atom stereocenters. The number of aryl methyl sites for hydroxylation is 1. The van der Waals surface area contributed by atoms with Crippen molar-refractivity contribution in [2.24, 2.45) is 0 Å². The van der Waals surface area contributed by atoms with Gasteiger partial charge in [-0.25, -0.2) is 0 Å². The van der Waals surface area contributed by atoms with Gasteiger partial charge in [0.25, 0.3) is 0 Å². The maximum Gasteiger partial charge on any atom is 0.240 e. The van der Waals surface area contributed by atoms with Crippen LogP contribution in [-0.4, -0.2) is 40.9 Å². The van der Waals surface area contributed by atoms with Crippen molar-refractivity contribution >= 4 is 22.7 Å². The molecule has 0 radical (unpaired) electrons. The van der Waals surface area contributed by atoms with Gasteiger partial charge in [-0.2, -0.15) is 0 Å². The van der Waals surface area contributed by atoms with E-state index in [2.05, 4.69) is 5.32 Å². The summed E-state index contributed by atoms with van der Waals surface area (Å²) in [6.07, 6.45) is 1.51. The third-order valence-corrected chi connectivity index (χ3v) is 4.40. The Morgan fingerprint density at radius 1 is 1.25 bits per heavy atom. The summed E-state index contributed by atoms with van der Waals surface area (Å²) in [6, 6.07) is 8.84. The molecular weight excluding hydrogens is 306 g/mol. The van der Waals surface area contributed by atoms with Crippen LogP contribution in [-0.2, 0) is 16.1 Å². The van der Waals surface area contributed by atoms with Crippen molar-refractivity contribution in [2.45, 2.75) is 26.3 Å². The van der Waals surface area contributed by atoms with E-state index in [1.165, 1.54) is 0 Å². The number of benzene rings is 1. The Morgan fingerprint density at radius 2 is 2.04 bits per heavy atom. The topological polar surface area (TPSA) is 71.4 Å². The number of hydrogen-bond donors (Lipinski definition) is 1. The van der Waals surface area contributed by atoms with Gasteiger partial charge in [0.15, 0.2) is 5.43 Å². The first-order chi connectivity index (χ1) is 11.6. The molecule has 6 nitrogen and oxygen atoms in total. The van der Waals surface area contributed by atoms with E-state index in [1.807, 2.05) is 29.7 Å². The molecule has 0 spiro atoms. The van der Waals surface area contributed by atoms with Gasteiger partial charge < -0.3 is 14.8 Å². The molecule has 0 bridgehead atoms. The lowest BCUT2D eigenvalue weighted by molar-refractivity contribution is -0.128. The monoisotopic (exact) mass is 327 g/mol. The molecule has 0 aliphatic carbocycles. The predicted molar refractivity (Wildman–Crippen MR) is 91.8 cm³/mol. The summed E-state index contributed by atoms with van der Waals surface area (Å²) in [5, 5.41) is 3.46. The van der Waals surface area contributed by atoms with Crippen LogP contribution in [0.15, 0.2) is 35.1 Å². The van der Waals surface area contributed by atoms with E-state index in [0.29, 0.717) is 24.9 Å². The Kier molecular flexibility index (Phi) is 4.64. The van der Waals surface area contributed by atoms with Crippen LogP contribution in [0, 0.1) is 6.92 Å². The SMILES string of the molecule is Cc1cc(=O)c2ccccc2n1CC(=O)NCCN1CCCC1=O. The highest BCUT2D eigenvalue weighted by molar-refractivity contribution is 5.82. The van der Waals surface area contributed by atoms with Gasteiger partial charge in [0.2, 0.25) is 11.8 Å². The summed E-state index contributed by atoms with van der Waals surface area (Å²) in [5.41, 5.74) is 1.48. The Labute approximate surface area is 140 Å². The minimum absolute atomic E-state index is 0.0349. The zero-order valence-corrected chi connectivity index (χ0v) is 13.7. The number of carbonyl (C=O) groups is 2. The highest BCUT2D eigenvalue weighted by Crippen LogP contribution is 2.12. The average molecular weight is 327 g/mol. The number of nitrogens with one attached hydrogen (secondary N) is 1. The second kappa shape index (κ2) is 6.86. The van der Waals surface area contributed by atoms with Crippen molar-refractivity contribution in [3.05, 3.63) is 46.2 Å². The molecule has 1 saturated heterocycles. The van der Waals surface area contributed by atoms with E-state index in [9.17, 15) is 14.4 Å². The van der Waals surface area contributed by atoms with E-state index in [-0.39, 0.29) is 23.8 Å². The zero-order chi connectivity index (χ0) is 17.1. The van der Waals surface area contributed by atoms with Crippen LogP contribution in [0.3, 0.4) is 0 Å². The van der Waals surface area contributed by atoms with E-state index in [1.54, 1.807) is 17.0 Å². The van der Waals surface area contributed by atoms with Crippen LogP contribution in [0.2, 0.25) is 0 Å². The highest BCUT2D eigenvalue weighted by Gasteiger charge is 2.19. The number of aromatic nitrogens is 1. The summed E-state index contributed by atoms with van der Waals surface area (Å²) >= 11 is 0. The van der Waals surface area contributed by atoms with Crippen molar-refractivity contribution in [3.63, 3.8) is 0 Å². The molecule has 126 valence electrons. The molecule has 2 heterocycles. The molecule has 0 unspecified atom stereocenters. The quantitative estimate of drug-likeness (QED) is 0.892. The summed E-state index contributed by atoms with van der Waals surface area (Å²) in [4.78, 5) is 37.6. The lowest BCUT2D eigenvalue weighted by Gasteiger charge is -2.17. The van der Waals surface area contributed by atoms with Crippen LogP contribution in [0.25, 0.3) is 10.9 Å². The Hall–Kier alpha value is -2.63. The highest BCUT2D eigenvalue weighted by atomic mass is 16.2. The number of carbonyl (C=O) groups excluding carboxylic acids is 2. The summed E-state index contributed by atoms with van der Waals surface area (Å²) < 4.78 is 1.84. The van der Waals surface area contributed by atoms with E-state index < -0.39 is 0 Å². The standard InChI is InChI=1S/C18H21N3O3/c1-13-11-16(22)14-5-2-3-6-15(14)21(13)12-17(23)19-8-10-20-9-4-7-18(20)24/h2-3,5-6,11H,4,7-10,12H2,1H3,(H,19,23). The smallest absolute Gasteiger partial charge is 0.240 e. The molecule has 1 aromatic heterocycles. The molecule has 1 aromatic carbocycles. The molecule has 6 heteroatoms. The maximum absolute atomic E-state index is 12.2. The van der Waals surface area contributed by atoms with Crippen molar-refractivity contribution in [3.8, 4) is 0 Å². The van der Waals surface area contributed by atoms with Crippen molar-refractivity contribution in [2.75, 3.05) is 19.6 Å². The fraction of sp³-hybridized carbons (Fsp3) is 0.389. The van der Waals surface area contributed by atoms with Gasteiger partial charge in [0.05, 0.1) is 5.52 Å². The zero-order valence-electron chi connectivity index (χ0n) is 13.7. The first-order valence-electron chi connectivity index (χ1n) is 8.20. The average Bonchev–Trinajstić information content (AvgIpc) is 2.97. The molecule has 3 rings (SSSR count). The lowest BCUT2D eigenvalue weighted by atomic mass is 10.2. The minimum atomic E-state index is -0.126. The second-order valence-electron chi connectivity index (χ2n) is 6.09. The maximum atomic E-state index is 12.2. The fourth-order valence-electron chi connectivity index (χ4n) is 3.13. The Morgan fingerprint density at radius 3 is 2.79 bits per heavy atom. The number of pyridine rings is 1. The predicted octanol–water partition coefficient (Wildman–Crippen LogP) is 1.05. The van der Waals surface area contributed by atoms with Gasteiger partial charge in [-0.05, 0) is 25.5 Å². The van der Waals surface area contributed by atoms with E-state index in [0.717, 1.165) is 24.2 Å². The van der Waals surface area contributed by atoms with Crippen LogP contribution < -0.4 is 10.7 Å². The number of hydrogen-bond acceptors (Lipinski definition) is 3. The van der Waals surface area contributed by atoms with Gasteiger partial charge in [-0.3, -0.25) is 14.4 Å². The largest absolute Gasteiger partial charge is 0.353 e. The summed E-state index contributed by atoms with van der Waals surface area (Å²) in [5.74, 6) is 0.0324. The molecule has 1 N–H and O–H groups in total. The van der Waals surface area contributed by atoms with Crippen LogP contribution in [0.5, 0.6) is 0 Å². The number of nitrogens with zero attached hydrogens (tertiary/aromatic N) is 2. The molecule has 24 heavy (non-hydrogen) atoms. The van der Waals surface area contributed by atoms with Gasteiger partial charge in [-0.15, -0.1) is 0 Å². The first-order valence-corrected chi connectivity index (χ1v) is 8.20. The molecule has 2 aromatic rings. The third-order valence-electron chi connectivity index (χ3n) is 4.40.